The minimum absolute atomic E-state index is 0.608. The Morgan fingerprint density at radius 1 is 0.367 bits per heavy atom. The Balaban J connectivity index is 1.02. The molecule has 12 aromatic rings. The topological polar surface area (TPSA) is 64.7 Å². The largest absolute Gasteiger partial charge is 0.435 e. The Kier molecular flexibility index (Phi) is 7.96. The van der Waals surface area contributed by atoms with Gasteiger partial charge in [0, 0.05) is 48.0 Å². The second-order valence-corrected chi connectivity index (χ2v) is 16.1. The van der Waals surface area contributed by atoms with Crippen molar-refractivity contribution in [1.29, 1.82) is 0 Å². The zero-order valence-electron chi connectivity index (χ0n) is 32.1. The van der Waals surface area contributed by atoms with Crippen LogP contribution in [-0.4, -0.2) is 19.9 Å². The van der Waals surface area contributed by atoms with E-state index in [1.54, 1.807) is 11.3 Å². The number of thiophene rings is 1. The molecule has 0 unspecified atom stereocenters. The first-order valence-electron chi connectivity index (χ1n) is 20.0. The van der Waals surface area contributed by atoms with E-state index in [0.29, 0.717) is 23.4 Å². The van der Waals surface area contributed by atoms with Crippen LogP contribution in [0.25, 0.3) is 121 Å². The molecule has 0 aliphatic carbocycles. The van der Waals surface area contributed by atoms with Gasteiger partial charge in [0.1, 0.15) is 5.52 Å². The molecule has 0 N–H and O–H groups in total. The average Bonchev–Trinajstić information content (AvgIpc) is 3.92. The van der Waals surface area contributed by atoms with E-state index in [1.165, 1.54) is 31.1 Å². The Bertz CT molecular complexity index is 3600. The van der Waals surface area contributed by atoms with Gasteiger partial charge in [0.05, 0.1) is 0 Å². The first-order valence-corrected chi connectivity index (χ1v) is 20.8. The number of nitrogens with zero attached hydrogens (tertiary/aromatic N) is 4. The Labute approximate surface area is 348 Å². The molecule has 3 heterocycles. The molecule has 0 atom stereocenters. The van der Waals surface area contributed by atoms with E-state index in [2.05, 4.69) is 158 Å². The monoisotopic (exact) mass is 784 g/mol. The van der Waals surface area contributed by atoms with Gasteiger partial charge >= 0.3 is 0 Å². The van der Waals surface area contributed by atoms with Crippen molar-refractivity contribution in [3.8, 4) is 67.9 Å². The number of benzene rings is 9. The fourth-order valence-corrected chi connectivity index (χ4v) is 9.56. The third-order valence-electron chi connectivity index (χ3n) is 11.3. The van der Waals surface area contributed by atoms with Crippen LogP contribution >= 0.6 is 11.3 Å². The minimum atomic E-state index is 0.608. The summed E-state index contributed by atoms with van der Waals surface area (Å²) in [6, 6.07) is 67.5. The average molecular weight is 785 g/mol. The molecule has 0 radical (unpaired) electrons. The maximum atomic E-state index is 6.83. The Morgan fingerprint density at radius 3 is 1.78 bits per heavy atom. The number of fused-ring (bicyclic) bond motifs is 6. The molecule has 280 valence electrons. The van der Waals surface area contributed by atoms with Crippen LogP contribution in [0.5, 0.6) is 0 Å². The van der Waals surface area contributed by atoms with Gasteiger partial charge in [0.15, 0.2) is 23.1 Å². The molecule has 0 bridgehead atoms. The summed E-state index contributed by atoms with van der Waals surface area (Å²) in [5.41, 5.74) is 9.75. The zero-order chi connectivity index (χ0) is 39.6. The number of aromatic nitrogens is 4. The van der Waals surface area contributed by atoms with Gasteiger partial charge in [-0.25, -0.2) is 19.9 Å². The summed E-state index contributed by atoms with van der Waals surface area (Å²) in [5.74, 6) is 2.48. The van der Waals surface area contributed by atoms with Gasteiger partial charge in [-0.2, -0.15) is 0 Å². The lowest BCUT2D eigenvalue weighted by Gasteiger charge is -2.12. The van der Waals surface area contributed by atoms with Crippen LogP contribution in [0.4, 0.5) is 0 Å². The summed E-state index contributed by atoms with van der Waals surface area (Å²) < 4.78 is 9.23. The number of hydrogen-bond acceptors (Lipinski definition) is 6. The Hall–Kier alpha value is -7.80. The molecule has 12 rings (SSSR count). The predicted octanol–water partition coefficient (Wildman–Crippen LogP) is 14.7. The first-order chi connectivity index (χ1) is 29.7. The lowest BCUT2D eigenvalue weighted by atomic mass is 9.94. The minimum Gasteiger partial charge on any atom is -0.435 e. The van der Waals surface area contributed by atoms with Gasteiger partial charge in [-0.3, -0.25) is 0 Å². The van der Waals surface area contributed by atoms with Crippen LogP contribution in [0, 0.1) is 0 Å². The molecular formula is C54H32N4OS. The summed E-state index contributed by atoms with van der Waals surface area (Å²) in [5, 5.41) is 6.83. The van der Waals surface area contributed by atoms with Crippen LogP contribution in [0.1, 0.15) is 0 Å². The maximum Gasteiger partial charge on any atom is 0.227 e. The van der Waals surface area contributed by atoms with Crippen molar-refractivity contribution in [1.82, 2.24) is 19.9 Å². The molecule has 0 spiro atoms. The van der Waals surface area contributed by atoms with Crippen molar-refractivity contribution in [3.05, 3.63) is 194 Å². The van der Waals surface area contributed by atoms with E-state index in [-0.39, 0.29) is 0 Å². The van der Waals surface area contributed by atoms with Crippen LogP contribution in [-0.2, 0) is 0 Å². The normalized spacial score (nSPS) is 11.7. The number of hydrogen-bond donors (Lipinski definition) is 0. The smallest absolute Gasteiger partial charge is 0.227 e. The molecule has 0 saturated carbocycles. The van der Waals surface area contributed by atoms with Crippen molar-refractivity contribution in [3.63, 3.8) is 0 Å². The molecule has 3 aromatic heterocycles. The van der Waals surface area contributed by atoms with Crippen LogP contribution in [0.2, 0.25) is 0 Å². The van der Waals surface area contributed by atoms with Crippen LogP contribution in [0.15, 0.2) is 199 Å². The van der Waals surface area contributed by atoms with E-state index >= 15 is 0 Å². The van der Waals surface area contributed by atoms with Crippen molar-refractivity contribution in [2.24, 2.45) is 0 Å². The van der Waals surface area contributed by atoms with E-state index in [4.69, 9.17) is 24.4 Å². The molecule has 60 heavy (non-hydrogen) atoms. The van der Waals surface area contributed by atoms with Crippen molar-refractivity contribution >= 4 is 64.2 Å². The highest BCUT2D eigenvalue weighted by molar-refractivity contribution is 7.26. The second-order valence-electron chi connectivity index (χ2n) is 15.0. The van der Waals surface area contributed by atoms with Crippen molar-refractivity contribution < 1.29 is 4.42 Å². The van der Waals surface area contributed by atoms with Crippen LogP contribution in [0.3, 0.4) is 0 Å². The molecule has 0 aliphatic heterocycles. The van der Waals surface area contributed by atoms with Gasteiger partial charge < -0.3 is 4.42 Å². The molecule has 5 nitrogen and oxygen atoms in total. The molecule has 0 aliphatic rings. The van der Waals surface area contributed by atoms with E-state index in [9.17, 15) is 0 Å². The van der Waals surface area contributed by atoms with Crippen molar-refractivity contribution in [2.45, 2.75) is 0 Å². The molecule has 6 heteroatoms. The van der Waals surface area contributed by atoms with Gasteiger partial charge in [-0.1, -0.05) is 164 Å². The highest BCUT2D eigenvalue weighted by Gasteiger charge is 2.22. The fourth-order valence-electron chi connectivity index (χ4n) is 8.41. The number of oxazole rings is 1. The summed E-state index contributed by atoms with van der Waals surface area (Å²) in [6.45, 7) is 0. The first kappa shape index (κ1) is 34.3. The standard InChI is InChI=1S/C54H32N4OS/c1-3-12-33(13-4-1)35-22-25-37(26-23-35)52-56-51(36-15-5-2-6-16-36)57-53(58-52)43-20-11-18-39-31-40(28-29-42(39)43)48-49-44-19-9-10-21-46(44)60-47(49)32-45-50(48)59-54(55-45)41-27-24-34-14-7-8-17-38(34)30-41/h1-32H. The molecular weight excluding hydrogens is 753 g/mol. The lowest BCUT2D eigenvalue weighted by molar-refractivity contribution is 0.621. The summed E-state index contributed by atoms with van der Waals surface area (Å²) >= 11 is 1.79. The van der Waals surface area contributed by atoms with Gasteiger partial charge in [-0.15, -0.1) is 11.3 Å². The third kappa shape index (κ3) is 5.84. The Morgan fingerprint density at radius 2 is 0.967 bits per heavy atom. The van der Waals surface area contributed by atoms with Gasteiger partial charge in [0.2, 0.25) is 5.89 Å². The SMILES string of the molecule is c1ccc(-c2ccc(-c3nc(-c4ccccc4)nc(-c4cccc5cc(-c6c7oc(-c8ccc9ccccc9c8)nc7cc7sc8ccccc8c67)ccc45)n3)cc2)cc1. The molecule has 0 fully saturated rings. The maximum absolute atomic E-state index is 6.83. The van der Waals surface area contributed by atoms with Gasteiger partial charge in [0.25, 0.3) is 0 Å². The lowest BCUT2D eigenvalue weighted by Crippen LogP contribution is -2.00. The third-order valence-corrected chi connectivity index (χ3v) is 12.5. The van der Waals surface area contributed by atoms with E-state index in [0.717, 1.165) is 66.2 Å². The quantitative estimate of drug-likeness (QED) is 0.168. The predicted molar refractivity (Wildman–Crippen MR) is 248 cm³/mol. The molecule has 9 aromatic carbocycles. The molecule has 0 amide bonds. The highest BCUT2D eigenvalue weighted by atomic mass is 32.1. The van der Waals surface area contributed by atoms with Crippen LogP contribution < -0.4 is 0 Å². The van der Waals surface area contributed by atoms with Crippen molar-refractivity contribution in [2.75, 3.05) is 0 Å². The highest BCUT2D eigenvalue weighted by Crippen LogP contribution is 2.46. The summed E-state index contributed by atoms with van der Waals surface area (Å²) in [7, 11) is 0. The second kappa shape index (κ2) is 13.9. The summed E-state index contributed by atoms with van der Waals surface area (Å²) in [6.07, 6.45) is 0. The van der Waals surface area contributed by atoms with E-state index in [1.807, 2.05) is 36.4 Å². The zero-order valence-corrected chi connectivity index (χ0v) is 32.9. The fraction of sp³-hybridized carbons (Fsp3) is 0. The summed E-state index contributed by atoms with van der Waals surface area (Å²) in [4.78, 5) is 20.4. The van der Waals surface area contributed by atoms with Gasteiger partial charge in [-0.05, 0) is 68.6 Å². The van der Waals surface area contributed by atoms with E-state index < -0.39 is 0 Å². The molecule has 0 saturated heterocycles. The number of rotatable bonds is 6.